The monoisotopic (exact) mass is 755 g/mol. The first-order chi connectivity index (χ1) is 25.6. The van der Waals surface area contributed by atoms with Crippen LogP contribution in [-0.2, 0) is 26.2 Å². The van der Waals surface area contributed by atoms with E-state index >= 15 is 0 Å². The summed E-state index contributed by atoms with van der Waals surface area (Å²) in [5.41, 5.74) is 1.82. The number of cyclic esters (lactones) is 3. The molecule has 0 saturated carbocycles. The van der Waals surface area contributed by atoms with E-state index in [0.29, 0.717) is 19.1 Å². The quantitative estimate of drug-likeness (QED) is 0.233. The highest BCUT2D eigenvalue weighted by Crippen LogP contribution is 2.49. The number of nitrogens with zero attached hydrogens (tertiary/aromatic N) is 3. The van der Waals surface area contributed by atoms with Crippen LogP contribution in [0.5, 0.6) is 0 Å². The Balaban J connectivity index is 0.000000195. The lowest BCUT2D eigenvalue weighted by Gasteiger charge is -2.42. The van der Waals surface area contributed by atoms with Crippen LogP contribution in [0.25, 0.3) is 0 Å². The number of hydrogen-bond acceptors (Lipinski definition) is 6. The average molecular weight is 756 g/mol. The molecule has 0 N–H and O–H groups in total. The molecule has 300 valence electrons. The standard InChI is InChI=1S/C22H27NO2.C14H19NO2.C10H19NO2/c1-16(2)19-22(17-12-8-6-9-13-17,18-14-10-7-11-15-18)25-20(24)23(19)21(3,4)5;1-14(2,3)15-12(10-17-13(15)16)9-11-7-5-4-6-8-11;1-7(2)8-6-13-9(12)11(8)10(3,4)5/h6-16,19H,1-5H3;4-8,12H,9-10H2,1-3H3;7-8H,6H2,1-5H3/t19-;12-;8-/m001/s1. The average Bonchev–Trinajstić information content (AvgIpc) is 3.79. The molecule has 0 aliphatic carbocycles. The summed E-state index contributed by atoms with van der Waals surface area (Å²) in [6, 6.07) is 30.7. The normalized spacial score (nSPS) is 21.1. The minimum Gasteiger partial charge on any atom is -0.447 e. The van der Waals surface area contributed by atoms with Crippen LogP contribution >= 0.6 is 0 Å². The number of ether oxygens (including phenoxy) is 3. The lowest BCUT2D eigenvalue weighted by atomic mass is 9.75. The Hall–Kier alpha value is -4.53. The minimum absolute atomic E-state index is 0.0928. The maximum absolute atomic E-state index is 13.0. The first kappa shape index (κ1) is 43.2. The second kappa shape index (κ2) is 17.1. The van der Waals surface area contributed by atoms with E-state index in [1.165, 1.54) is 5.56 Å². The highest BCUT2D eigenvalue weighted by molar-refractivity contribution is 5.75. The van der Waals surface area contributed by atoms with Crippen molar-refractivity contribution in [2.24, 2.45) is 11.8 Å². The van der Waals surface area contributed by atoms with Crippen LogP contribution < -0.4 is 0 Å². The van der Waals surface area contributed by atoms with Crippen molar-refractivity contribution in [3.63, 3.8) is 0 Å². The Morgan fingerprint density at radius 3 is 1.38 bits per heavy atom. The molecule has 0 radical (unpaired) electrons. The molecular formula is C46H65N3O6. The van der Waals surface area contributed by atoms with E-state index in [0.717, 1.165) is 17.5 Å². The van der Waals surface area contributed by atoms with Crippen molar-refractivity contribution < 1.29 is 28.6 Å². The smallest absolute Gasteiger partial charge is 0.411 e. The Kier molecular flexibility index (Phi) is 13.4. The van der Waals surface area contributed by atoms with Gasteiger partial charge >= 0.3 is 18.3 Å². The molecule has 9 nitrogen and oxygen atoms in total. The third-order valence-electron chi connectivity index (χ3n) is 10.3. The van der Waals surface area contributed by atoms with Crippen LogP contribution in [0.2, 0.25) is 0 Å². The molecule has 9 heteroatoms. The van der Waals surface area contributed by atoms with Crippen LogP contribution in [0.1, 0.15) is 107 Å². The SMILES string of the molecule is CC(C)(C)N1C(=O)OC[C@@H]1Cc1ccccc1.CC(C)[C@@H]1N(C(C)(C)C)C(=O)OC1(c1ccccc1)c1ccccc1.CC(C)[C@H]1COC(=O)N1C(C)(C)C. The Bertz CT molecular complexity index is 1670. The van der Waals surface area contributed by atoms with Gasteiger partial charge in [-0.05, 0) is 86.1 Å². The molecule has 3 heterocycles. The topological polar surface area (TPSA) is 88.6 Å². The van der Waals surface area contributed by atoms with Crippen molar-refractivity contribution >= 4 is 18.3 Å². The van der Waals surface area contributed by atoms with Crippen molar-refractivity contribution in [2.75, 3.05) is 13.2 Å². The van der Waals surface area contributed by atoms with E-state index in [-0.39, 0.29) is 58.9 Å². The summed E-state index contributed by atoms with van der Waals surface area (Å²) in [4.78, 5) is 41.8. The summed E-state index contributed by atoms with van der Waals surface area (Å²) >= 11 is 0. The zero-order valence-electron chi connectivity index (χ0n) is 35.5. The van der Waals surface area contributed by atoms with Gasteiger partial charge in [0.25, 0.3) is 0 Å². The van der Waals surface area contributed by atoms with Crippen LogP contribution in [0.4, 0.5) is 14.4 Å². The molecule has 0 unspecified atom stereocenters. The molecule has 3 aliphatic rings. The molecule has 3 amide bonds. The third kappa shape index (κ3) is 9.83. The van der Waals surface area contributed by atoms with Gasteiger partial charge in [0.15, 0.2) is 5.60 Å². The van der Waals surface area contributed by atoms with Gasteiger partial charge in [-0.1, -0.05) is 119 Å². The van der Waals surface area contributed by atoms with E-state index in [2.05, 4.69) is 84.9 Å². The number of rotatable bonds is 6. The highest BCUT2D eigenvalue weighted by Gasteiger charge is 2.59. The van der Waals surface area contributed by atoms with Crippen molar-refractivity contribution in [1.29, 1.82) is 0 Å². The fourth-order valence-corrected chi connectivity index (χ4v) is 8.02. The second-order valence-electron chi connectivity index (χ2n) is 18.5. The summed E-state index contributed by atoms with van der Waals surface area (Å²) in [5.74, 6) is 0.678. The van der Waals surface area contributed by atoms with E-state index in [1.54, 1.807) is 0 Å². The second-order valence-corrected chi connectivity index (χ2v) is 18.5. The number of amides is 3. The largest absolute Gasteiger partial charge is 0.447 e. The van der Waals surface area contributed by atoms with E-state index in [4.69, 9.17) is 14.2 Å². The summed E-state index contributed by atoms with van der Waals surface area (Å²) in [6.07, 6.45) is 0.229. The van der Waals surface area contributed by atoms with Crippen LogP contribution in [0.15, 0.2) is 91.0 Å². The molecule has 55 heavy (non-hydrogen) atoms. The van der Waals surface area contributed by atoms with Gasteiger partial charge in [-0.3, -0.25) is 14.7 Å². The predicted octanol–water partition coefficient (Wildman–Crippen LogP) is 10.3. The van der Waals surface area contributed by atoms with Crippen molar-refractivity contribution in [3.8, 4) is 0 Å². The summed E-state index contributed by atoms with van der Waals surface area (Å²) in [7, 11) is 0. The van der Waals surface area contributed by atoms with Gasteiger partial charge in [0.05, 0.1) is 18.1 Å². The number of carbonyl (C=O) groups is 3. The Morgan fingerprint density at radius 1 is 0.564 bits per heavy atom. The molecule has 3 aromatic carbocycles. The van der Waals surface area contributed by atoms with Gasteiger partial charge in [0.2, 0.25) is 0 Å². The van der Waals surface area contributed by atoms with Crippen LogP contribution in [0, 0.1) is 11.8 Å². The maximum Gasteiger partial charge on any atom is 0.411 e. The van der Waals surface area contributed by atoms with Gasteiger partial charge in [-0.2, -0.15) is 0 Å². The van der Waals surface area contributed by atoms with Gasteiger partial charge in [-0.25, -0.2) is 14.4 Å². The van der Waals surface area contributed by atoms with Gasteiger partial charge in [-0.15, -0.1) is 0 Å². The van der Waals surface area contributed by atoms with E-state index < -0.39 is 5.60 Å². The van der Waals surface area contributed by atoms with Gasteiger partial charge in [0, 0.05) is 27.7 Å². The number of benzene rings is 3. The summed E-state index contributed by atoms with van der Waals surface area (Å²) < 4.78 is 16.4. The predicted molar refractivity (Wildman–Crippen MR) is 219 cm³/mol. The Morgan fingerprint density at radius 2 is 0.982 bits per heavy atom. The van der Waals surface area contributed by atoms with E-state index in [9.17, 15) is 14.4 Å². The fraction of sp³-hybridized carbons (Fsp3) is 0.543. The molecule has 6 rings (SSSR count). The molecule has 0 spiro atoms. The molecule has 0 bridgehead atoms. The maximum atomic E-state index is 13.0. The fourth-order valence-electron chi connectivity index (χ4n) is 8.02. The van der Waals surface area contributed by atoms with Crippen LogP contribution in [0.3, 0.4) is 0 Å². The molecular weight excluding hydrogens is 691 g/mol. The number of carbonyl (C=O) groups excluding carboxylic acids is 3. The van der Waals surface area contributed by atoms with Crippen molar-refractivity contribution in [2.45, 2.75) is 137 Å². The third-order valence-corrected chi connectivity index (χ3v) is 10.3. The summed E-state index contributed by atoms with van der Waals surface area (Å²) in [6.45, 7) is 28.0. The molecule has 3 atom stereocenters. The first-order valence-electron chi connectivity index (χ1n) is 19.7. The highest BCUT2D eigenvalue weighted by atomic mass is 16.6. The Labute approximate surface area is 330 Å². The molecule has 3 aliphatic heterocycles. The molecule has 3 saturated heterocycles. The molecule has 3 aromatic rings. The first-order valence-corrected chi connectivity index (χ1v) is 19.7. The van der Waals surface area contributed by atoms with Crippen molar-refractivity contribution in [1.82, 2.24) is 14.7 Å². The van der Waals surface area contributed by atoms with Crippen molar-refractivity contribution in [3.05, 3.63) is 108 Å². The number of hydrogen-bond donors (Lipinski definition) is 0. The summed E-state index contributed by atoms with van der Waals surface area (Å²) in [5, 5.41) is 0. The lowest BCUT2D eigenvalue weighted by molar-refractivity contribution is 0.0478. The molecule has 3 fully saturated rings. The van der Waals surface area contributed by atoms with E-state index in [1.807, 2.05) is 111 Å². The van der Waals surface area contributed by atoms with Gasteiger partial charge < -0.3 is 14.2 Å². The van der Waals surface area contributed by atoms with Crippen LogP contribution in [-0.4, -0.2) is 80.9 Å². The van der Waals surface area contributed by atoms with Gasteiger partial charge in [0.1, 0.15) is 13.2 Å². The zero-order chi connectivity index (χ0) is 40.9. The zero-order valence-corrected chi connectivity index (χ0v) is 35.5. The minimum atomic E-state index is -0.805. The molecule has 0 aromatic heterocycles. The lowest BCUT2D eigenvalue weighted by Crippen LogP contribution is -2.54.